The van der Waals surface area contributed by atoms with Gasteiger partial charge in [-0.25, -0.2) is 4.98 Å². The van der Waals surface area contributed by atoms with Gasteiger partial charge in [-0.05, 0) is 5.92 Å². The van der Waals surface area contributed by atoms with Crippen molar-refractivity contribution >= 4 is 0 Å². The van der Waals surface area contributed by atoms with Crippen molar-refractivity contribution in [1.29, 1.82) is 0 Å². The van der Waals surface area contributed by atoms with E-state index in [9.17, 15) is 0 Å². The molecule has 0 aromatic carbocycles. The van der Waals surface area contributed by atoms with E-state index in [1.807, 2.05) is 6.20 Å². The van der Waals surface area contributed by atoms with E-state index in [4.69, 9.17) is 0 Å². The van der Waals surface area contributed by atoms with E-state index in [1.54, 1.807) is 0 Å². The summed E-state index contributed by atoms with van der Waals surface area (Å²) in [4.78, 5) is 4.38. The molecule has 0 saturated carbocycles. The van der Waals surface area contributed by atoms with Crippen molar-refractivity contribution in [3.63, 3.8) is 0 Å². The van der Waals surface area contributed by atoms with Crippen molar-refractivity contribution in [2.24, 2.45) is 5.92 Å². The molecule has 1 unspecified atom stereocenters. The van der Waals surface area contributed by atoms with Gasteiger partial charge in [0, 0.05) is 25.0 Å². The lowest BCUT2D eigenvalue weighted by Crippen LogP contribution is -2.24. The Balaban J connectivity index is 2.53. The van der Waals surface area contributed by atoms with Crippen LogP contribution in [0.25, 0.3) is 0 Å². The monoisotopic (exact) mass is 209 g/mol. The molecule has 15 heavy (non-hydrogen) atoms. The second-order valence-corrected chi connectivity index (χ2v) is 4.54. The first-order chi connectivity index (χ1) is 7.13. The maximum Gasteiger partial charge on any atom is 0.122 e. The summed E-state index contributed by atoms with van der Waals surface area (Å²) < 4.78 is 2.25. The number of rotatable bonds is 6. The van der Waals surface area contributed by atoms with Gasteiger partial charge in [0.05, 0.1) is 6.54 Å². The Kier molecular flexibility index (Phi) is 4.82. The summed E-state index contributed by atoms with van der Waals surface area (Å²) in [6.07, 6.45) is 5.18. The van der Waals surface area contributed by atoms with Crippen LogP contribution in [0.4, 0.5) is 0 Å². The molecule has 1 N–H and O–H groups in total. The van der Waals surface area contributed by atoms with E-state index >= 15 is 0 Å². The summed E-state index contributed by atoms with van der Waals surface area (Å²) in [6.45, 7) is 10.8. The molecule has 0 radical (unpaired) electrons. The molecule has 0 aliphatic heterocycles. The summed E-state index contributed by atoms with van der Waals surface area (Å²) >= 11 is 0. The highest BCUT2D eigenvalue weighted by atomic mass is 15.1. The maximum atomic E-state index is 4.38. The van der Waals surface area contributed by atoms with Crippen LogP contribution < -0.4 is 5.32 Å². The van der Waals surface area contributed by atoms with E-state index in [0.29, 0.717) is 6.04 Å². The van der Waals surface area contributed by atoms with Crippen LogP contribution in [0.2, 0.25) is 0 Å². The van der Waals surface area contributed by atoms with Crippen molar-refractivity contribution in [3.8, 4) is 0 Å². The molecule has 1 heterocycles. The average Bonchev–Trinajstić information content (AvgIpc) is 2.62. The normalized spacial score (nSPS) is 13.4. The molecule has 0 amide bonds. The Hall–Kier alpha value is -0.830. The smallest absolute Gasteiger partial charge is 0.122 e. The van der Waals surface area contributed by atoms with Gasteiger partial charge in [0.25, 0.3) is 0 Å². The van der Waals surface area contributed by atoms with E-state index in [0.717, 1.165) is 24.8 Å². The molecule has 1 aromatic rings. The van der Waals surface area contributed by atoms with Crippen molar-refractivity contribution in [1.82, 2.24) is 14.9 Å². The molecule has 0 spiro atoms. The van der Waals surface area contributed by atoms with Crippen molar-refractivity contribution in [2.45, 2.75) is 53.2 Å². The molecule has 1 aromatic heterocycles. The molecule has 3 heteroatoms. The highest BCUT2D eigenvalue weighted by molar-refractivity contribution is 4.92. The third-order valence-electron chi connectivity index (χ3n) is 2.68. The number of imidazole rings is 1. The molecule has 0 bridgehead atoms. The fraction of sp³-hybridized carbons (Fsp3) is 0.750. The highest BCUT2D eigenvalue weighted by Gasteiger charge is 2.06. The fourth-order valence-corrected chi connectivity index (χ4v) is 1.43. The number of hydrogen-bond donors (Lipinski definition) is 1. The zero-order chi connectivity index (χ0) is 11.3. The van der Waals surface area contributed by atoms with Crippen LogP contribution in [0, 0.1) is 5.92 Å². The molecule has 0 saturated heterocycles. The van der Waals surface area contributed by atoms with Gasteiger partial charge >= 0.3 is 0 Å². The number of hydrogen-bond acceptors (Lipinski definition) is 2. The minimum Gasteiger partial charge on any atom is -0.334 e. The van der Waals surface area contributed by atoms with E-state index in [1.165, 1.54) is 6.42 Å². The minimum absolute atomic E-state index is 0.513. The van der Waals surface area contributed by atoms with Crippen LogP contribution in [0.1, 0.15) is 39.9 Å². The second kappa shape index (κ2) is 5.91. The molecule has 0 aliphatic rings. The topological polar surface area (TPSA) is 29.9 Å². The summed E-state index contributed by atoms with van der Waals surface area (Å²) in [6, 6.07) is 0.513. The van der Waals surface area contributed by atoms with Gasteiger partial charge in [-0.1, -0.05) is 34.1 Å². The summed E-state index contributed by atoms with van der Waals surface area (Å²) in [5, 5.41) is 3.40. The van der Waals surface area contributed by atoms with Crippen molar-refractivity contribution in [3.05, 3.63) is 18.2 Å². The quantitative estimate of drug-likeness (QED) is 0.780. The lowest BCUT2D eigenvalue weighted by molar-refractivity contribution is 0.447. The van der Waals surface area contributed by atoms with Gasteiger partial charge in [0.15, 0.2) is 0 Å². The van der Waals surface area contributed by atoms with Gasteiger partial charge in [-0.3, -0.25) is 0 Å². The summed E-state index contributed by atoms with van der Waals surface area (Å²) in [5.41, 5.74) is 0. The van der Waals surface area contributed by atoms with Gasteiger partial charge in [0.2, 0.25) is 0 Å². The van der Waals surface area contributed by atoms with Crippen molar-refractivity contribution in [2.75, 3.05) is 0 Å². The fourth-order valence-electron chi connectivity index (χ4n) is 1.43. The predicted molar refractivity (Wildman–Crippen MR) is 63.7 cm³/mol. The lowest BCUT2D eigenvalue weighted by Gasteiger charge is -2.13. The largest absolute Gasteiger partial charge is 0.334 e. The highest BCUT2D eigenvalue weighted by Crippen LogP contribution is 2.07. The standard InChI is InChI=1S/C12H23N3/c1-5-11(4)9-15-7-6-13-12(15)8-14-10(2)3/h6-7,10-11,14H,5,8-9H2,1-4H3. The zero-order valence-corrected chi connectivity index (χ0v) is 10.3. The van der Waals surface area contributed by atoms with Gasteiger partial charge in [-0.2, -0.15) is 0 Å². The molecule has 3 nitrogen and oxygen atoms in total. The van der Waals surface area contributed by atoms with Crippen LogP contribution in [-0.2, 0) is 13.1 Å². The van der Waals surface area contributed by atoms with Crippen LogP contribution in [0.5, 0.6) is 0 Å². The number of nitrogens with zero attached hydrogens (tertiary/aromatic N) is 2. The van der Waals surface area contributed by atoms with E-state index in [2.05, 4.69) is 48.8 Å². The molecular formula is C12H23N3. The van der Waals surface area contributed by atoms with Gasteiger partial charge in [-0.15, -0.1) is 0 Å². The zero-order valence-electron chi connectivity index (χ0n) is 10.3. The molecule has 1 rings (SSSR count). The van der Waals surface area contributed by atoms with Crippen LogP contribution in [0.15, 0.2) is 12.4 Å². The second-order valence-electron chi connectivity index (χ2n) is 4.54. The number of nitrogens with one attached hydrogen (secondary N) is 1. The molecule has 86 valence electrons. The molecule has 0 aliphatic carbocycles. The van der Waals surface area contributed by atoms with Gasteiger partial charge in [0.1, 0.15) is 5.82 Å². The first-order valence-electron chi connectivity index (χ1n) is 5.86. The summed E-state index contributed by atoms with van der Waals surface area (Å²) in [5.74, 6) is 1.86. The van der Waals surface area contributed by atoms with E-state index in [-0.39, 0.29) is 0 Å². The Morgan fingerprint density at radius 1 is 1.40 bits per heavy atom. The first kappa shape index (κ1) is 12.2. The van der Waals surface area contributed by atoms with Crippen LogP contribution in [0.3, 0.4) is 0 Å². The molecular weight excluding hydrogens is 186 g/mol. The SMILES string of the molecule is CCC(C)Cn1ccnc1CNC(C)C. The Morgan fingerprint density at radius 2 is 2.13 bits per heavy atom. The van der Waals surface area contributed by atoms with E-state index < -0.39 is 0 Å². The van der Waals surface area contributed by atoms with Crippen LogP contribution >= 0.6 is 0 Å². The minimum atomic E-state index is 0.513. The van der Waals surface area contributed by atoms with Crippen molar-refractivity contribution < 1.29 is 0 Å². The lowest BCUT2D eigenvalue weighted by atomic mass is 10.1. The number of aromatic nitrogens is 2. The predicted octanol–water partition coefficient (Wildman–Crippen LogP) is 2.43. The third kappa shape index (κ3) is 4.04. The van der Waals surface area contributed by atoms with Gasteiger partial charge < -0.3 is 9.88 Å². The Bertz CT molecular complexity index is 278. The maximum absolute atomic E-state index is 4.38. The average molecular weight is 209 g/mol. The summed E-state index contributed by atoms with van der Waals surface area (Å²) in [7, 11) is 0. The Morgan fingerprint density at radius 3 is 2.73 bits per heavy atom. The molecule has 0 fully saturated rings. The Labute approximate surface area is 92.9 Å². The molecule has 1 atom stereocenters. The first-order valence-corrected chi connectivity index (χ1v) is 5.86. The third-order valence-corrected chi connectivity index (χ3v) is 2.68. The van der Waals surface area contributed by atoms with Crippen LogP contribution in [-0.4, -0.2) is 15.6 Å².